The van der Waals surface area contributed by atoms with Gasteiger partial charge in [0, 0.05) is 11.5 Å². The van der Waals surface area contributed by atoms with Crippen LogP contribution in [0.2, 0.25) is 0 Å². The number of hydrogen-bond donors (Lipinski definition) is 0. The Hall–Kier alpha value is -2.32. The number of rotatable bonds is 2. The van der Waals surface area contributed by atoms with Gasteiger partial charge < -0.3 is 9.30 Å². The first kappa shape index (κ1) is 13.7. The molecule has 0 fully saturated rings. The summed E-state index contributed by atoms with van der Waals surface area (Å²) in [4.78, 5) is 4.64. The second-order valence-electron chi connectivity index (χ2n) is 4.62. The molecule has 1 aromatic heterocycles. The van der Waals surface area contributed by atoms with E-state index in [-0.39, 0.29) is 0 Å². The van der Waals surface area contributed by atoms with Crippen LogP contribution >= 0.6 is 15.9 Å². The summed E-state index contributed by atoms with van der Waals surface area (Å²) in [6.07, 6.45) is 0. The highest BCUT2D eigenvalue weighted by Crippen LogP contribution is 2.33. The van der Waals surface area contributed by atoms with Gasteiger partial charge in [-0.15, -0.1) is 0 Å². The van der Waals surface area contributed by atoms with Crippen LogP contribution in [0.5, 0.6) is 5.75 Å². The van der Waals surface area contributed by atoms with E-state index < -0.39 is 0 Å². The number of fused-ring (bicyclic) bond motifs is 1. The smallest absolute Gasteiger partial charge is 0.144 e. The molecule has 2 aromatic carbocycles. The quantitative estimate of drug-likeness (QED) is 0.710. The van der Waals surface area contributed by atoms with Gasteiger partial charge in [-0.25, -0.2) is 4.98 Å². The maximum absolute atomic E-state index is 9.21. The lowest BCUT2D eigenvalue weighted by Gasteiger charge is -2.08. The molecule has 4 nitrogen and oxygen atoms in total. The lowest BCUT2D eigenvalue weighted by atomic mass is 10.2. The van der Waals surface area contributed by atoms with Crippen LogP contribution in [-0.2, 0) is 7.05 Å². The summed E-state index contributed by atoms with van der Waals surface area (Å²) in [5, 5.41) is 9.21. The number of aryl methyl sites for hydroxylation is 1. The van der Waals surface area contributed by atoms with Gasteiger partial charge in [-0.1, -0.05) is 22.0 Å². The second kappa shape index (κ2) is 5.23. The molecule has 0 spiro atoms. The number of para-hydroxylation sites is 1. The minimum Gasteiger partial charge on any atom is -0.496 e. The minimum atomic E-state index is 0.574. The van der Waals surface area contributed by atoms with Crippen molar-refractivity contribution in [3.63, 3.8) is 0 Å². The summed E-state index contributed by atoms with van der Waals surface area (Å²) in [5.74, 6) is 1.51. The largest absolute Gasteiger partial charge is 0.496 e. The Morgan fingerprint density at radius 2 is 2.10 bits per heavy atom. The second-order valence-corrected chi connectivity index (χ2v) is 5.54. The van der Waals surface area contributed by atoms with Gasteiger partial charge >= 0.3 is 0 Å². The van der Waals surface area contributed by atoms with E-state index >= 15 is 0 Å². The Bertz CT molecular complexity index is 877. The molecule has 3 aromatic rings. The van der Waals surface area contributed by atoms with Crippen molar-refractivity contribution in [2.24, 2.45) is 7.05 Å². The van der Waals surface area contributed by atoms with E-state index in [4.69, 9.17) is 4.74 Å². The van der Waals surface area contributed by atoms with Crippen molar-refractivity contribution in [3.05, 3.63) is 46.4 Å². The van der Waals surface area contributed by atoms with Gasteiger partial charge in [0.1, 0.15) is 23.2 Å². The Morgan fingerprint density at radius 3 is 2.81 bits per heavy atom. The molecule has 1 heterocycles. The van der Waals surface area contributed by atoms with E-state index in [1.807, 2.05) is 41.9 Å². The third kappa shape index (κ3) is 2.18. The molecule has 0 atom stereocenters. The average Bonchev–Trinajstić information content (AvgIpc) is 2.84. The van der Waals surface area contributed by atoms with Crippen molar-refractivity contribution in [1.29, 1.82) is 5.26 Å². The van der Waals surface area contributed by atoms with Crippen molar-refractivity contribution in [2.75, 3.05) is 7.11 Å². The fourth-order valence-corrected chi connectivity index (χ4v) is 2.74. The molecule has 0 aliphatic rings. The average molecular weight is 342 g/mol. The van der Waals surface area contributed by atoms with E-state index in [9.17, 15) is 5.26 Å². The monoisotopic (exact) mass is 341 g/mol. The highest BCUT2D eigenvalue weighted by molar-refractivity contribution is 9.10. The lowest BCUT2D eigenvalue weighted by molar-refractivity contribution is 0.415. The summed E-state index contributed by atoms with van der Waals surface area (Å²) in [7, 11) is 3.57. The Kier molecular flexibility index (Phi) is 3.40. The van der Waals surface area contributed by atoms with Crippen LogP contribution in [0.4, 0.5) is 0 Å². The maximum Gasteiger partial charge on any atom is 0.144 e. The van der Waals surface area contributed by atoms with Crippen LogP contribution in [0.3, 0.4) is 0 Å². The van der Waals surface area contributed by atoms with E-state index in [1.165, 1.54) is 0 Å². The molecule has 0 amide bonds. The van der Waals surface area contributed by atoms with Gasteiger partial charge in [-0.05, 0) is 30.3 Å². The predicted octanol–water partition coefficient (Wildman–Crippen LogP) is 3.88. The lowest BCUT2D eigenvalue weighted by Crippen LogP contribution is -1.95. The zero-order chi connectivity index (χ0) is 15.0. The maximum atomic E-state index is 9.21. The van der Waals surface area contributed by atoms with Crippen molar-refractivity contribution < 1.29 is 4.74 Å². The molecular weight excluding hydrogens is 330 g/mol. The topological polar surface area (TPSA) is 50.8 Å². The van der Waals surface area contributed by atoms with Crippen LogP contribution in [0.1, 0.15) is 5.56 Å². The molecule has 3 rings (SSSR count). The van der Waals surface area contributed by atoms with Crippen LogP contribution < -0.4 is 4.74 Å². The third-order valence-corrected chi connectivity index (χ3v) is 3.93. The van der Waals surface area contributed by atoms with Crippen LogP contribution in [0.15, 0.2) is 40.9 Å². The highest BCUT2D eigenvalue weighted by Gasteiger charge is 2.16. The van der Waals surface area contributed by atoms with Gasteiger partial charge in [0.2, 0.25) is 0 Å². The molecular formula is C16H12BrN3O. The number of imidazole rings is 1. The van der Waals surface area contributed by atoms with E-state index in [2.05, 4.69) is 27.0 Å². The number of hydrogen-bond acceptors (Lipinski definition) is 3. The number of halogens is 1. The number of nitriles is 1. The number of nitrogens with zero attached hydrogens (tertiary/aromatic N) is 3. The van der Waals surface area contributed by atoms with Crippen LogP contribution in [0, 0.1) is 11.3 Å². The Morgan fingerprint density at radius 1 is 1.29 bits per heavy atom. The summed E-state index contributed by atoms with van der Waals surface area (Å²) < 4.78 is 8.36. The molecule has 0 unspecified atom stereocenters. The van der Waals surface area contributed by atoms with Gasteiger partial charge in [-0.2, -0.15) is 5.26 Å². The van der Waals surface area contributed by atoms with Crippen molar-refractivity contribution in [1.82, 2.24) is 9.55 Å². The fourth-order valence-electron chi connectivity index (χ4n) is 2.40. The van der Waals surface area contributed by atoms with Gasteiger partial charge in [-0.3, -0.25) is 0 Å². The number of methoxy groups -OCH3 is 1. The molecule has 0 saturated carbocycles. The summed E-state index contributed by atoms with van der Waals surface area (Å²) >= 11 is 3.44. The zero-order valence-electron chi connectivity index (χ0n) is 11.6. The van der Waals surface area contributed by atoms with Crippen molar-refractivity contribution >= 4 is 27.0 Å². The Balaban J connectivity index is 2.32. The van der Waals surface area contributed by atoms with Crippen molar-refractivity contribution in [3.8, 4) is 23.2 Å². The minimum absolute atomic E-state index is 0.574. The predicted molar refractivity (Wildman–Crippen MR) is 85.1 cm³/mol. The molecule has 0 aliphatic heterocycles. The number of ether oxygens (including phenoxy) is 1. The fraction of sp³-hybridized carbons (Fsp3) is 0.125. The Labute approximate surface area is 130 Å². The third-order valence-electron chi connectivity index (χ3n) is 3.44. The summed E-state index contributed by atoms with van der Waals surface area (Å²) in [6.45, 7) is 0. The van der Waals surface area contributed by atoms with E-state index in [0.717, 1.165) is 27.1 Å². The zero-order valence-corrected chi connectivity index (χ0v) is 13.2. The number of aromatic nitrogens is 2. The molecule has 104 valence electrons. The first-order chi connectivity index (χ1) is 10.2. The summed E-state index contributed by atoms with van der Waals surface area (Å²) in [6, 6.07) is 13.6. The van der Waals surface area contributed by atoms with E-state index in [1.54, 1.807) is 13.2 Å². The SMILES string of the molecule is COc1cc(Br)ccc1-c1nc2c(C#N)cccc2n1C. The highest BCUT2D eigenvalue weighted by atomic mass is 79.9. The molecule has 0 bridgehead atoms. The molecule has 0 saturated heterocycles. The molecule has 0 radical (unpaired) electrons. The molecule has 21 heavy (non-hydrogen) atoms. The first-order valence-electron chi connectivity index (χ1n) is 6.35. The van der Waals surface area contributed by atoms with Gasteiger partial charge in [0.05, 0.1) is 23.8 Å². The summed E-state index contributed by atoms with van der Waals surface area (Å²) in [5.41, 5.74) is 3.10. The standard InChI is InChI=1S/C16H12BrN3O/c1-20-13-5-3-4-10(9-18)15(13)19-16(20)12-7-6-11(17)8-14(12)21-2/h3-8H,1-2H3. The van der Waals surface area contributed by atoms with Crippen LogP contribution in [0.25, 0.3) is 22.4 Å². The molecule has 5 heteroatoms. The van der Waals surface area contributed by atoms with Crippen molar-refractivity contribution in [2.45, 2.75) is 0 Å². The van der Waals surface area contributed by atoms with Crippen LogP contribution in [-0.4, -0.2) is 16.7 Å². The normalized spacial score (nSPS) is 10.6. The first-order valence-corrected chi connectivity index (χ1v) is 7.14. The number of benzene rings is 2. The molecule has 0 aliphatic carbocycles. The van der Waals surface area contributed by atoms with Gasteiger partial charge in [0.15, 0.2) is 0 Å². The van der Waals surface area contributed by atoms with E-state index in [0.29, 0.717) is 11.1 Å². The molecule has 0 N–H and O–H groups in total. The van der Waals surface area contributed by atoms with Gasteiger partial charge in [0.25, 0.3) is 0 Å².